The summed E-state index contributed by atoms with van der Waals surface area (Å²) in [6, 6.07) is 0.808. The molecule has 0 bridgehead atoms. The Morgan fingerprint density at radius 3 is 2.68 bits per heavy atom. The molecule has 0 radical (unpaired) electrons. The van der Waals surface area contributed by atoms with Crippen molar-refractivity contribution >= 4 is 0 Å². The van der Waals surface area contributed by atoms with Crippen LogP contribution < -0.4 is 5.32 Å². The first-order valence-electron chi connectivity index (χ1n) is 8.25. The largest absolute Gasteiger partial charge is 0.378 e. The summed E-state index contributed by atoms with van der Waals surface area (Å²) in [6.07, 6.45) is 11.3. The van der Waals surface area contributed by atoms with Crippen molar-refractivity contribution in [2.24, 2.45) is 5.41 Å². The molecule has 0 aromatic rings. The molecule has 0 spiro atoms. The predicted molar refractivity (Wildman–Crippen MR) is 76.3 cm³/mol. The number of hydrogen-bond donors (Lipinski definition) is 1. The van der Waals surface area contributed by atoms with E-state index in [1.54, 1.807) is 0 Å². The van der Waals surface area contributed by atoms with Crippen LogP contribution in [0.1, 0.15) is 58.3 Å². The molecule has 19 heavy (non-hydrogen) atoms. The summed E-state index contributed by atoms with van der Waals surface area (Å²) in [4.78, 5) is 0. The lowest BCUT2D eigenvalue weighted by atomic mass is 9.76. The molecular weight excluding hydrogens is 238 g/mol. The lowest BCUT2D eigenvalue weighted by molar-refractivity contribution is 0.0514. The van der Waals surface area contributed by atoms with Crippen LogP contribution in [0.5, 0.6) is 0 Å². The maximum Gasteiger partial charge on any atom is 0.0616 e. The van der Waals surface area contributed by atoms with Crippen molar-refractivity contribution in [2.75, 3.05) is 19.8 Å². The van der Waals surface area contributed by atoms with Crippen LogP contribution in [-0.2, 0) is 9.47 Å². The molecule has 3 heteroatoms. The van der Waals surface area contributed by atoms with E-state index < -0.39 is 0 Å². The van der Waals surface area contributed by atoms with Crippen LogP contribution in [0.3, 0.4) is 0 Å². The molecule has 2 aliphatic heterocycles. The Morgan fingerprint density at radius 2 is 2.05 bits per heavy atom. The van der Waals surface area contributed by atoms with E-state index in [1.807, 2.05) is 0 Å². The Balaban J connectivity index is 1.46. The molecule has 1 saturated carbocycles. The normalized spacial score (nSPS) is 39.0. The number of hydrogen-bond acceptors (Lipinski definition) is 3. The summed E-state index contributed by atoms with van der Waals surface area (Å²) in [5, 5.41) is 3.74. The molecular formula is C16H29NO2. The van der Waals surface area contributed by atoms with Gasteiger partial charge in [0.05, 0.1) is 12.2 Å². The van der Waals surface area contributed by atoms with E-state index >= 15 is 0 Å². The maximum absolute atomic E-state index is 5.87. The number of rotatable bonds is 7. The lowest BCUT2D eigenvalue weighted by Gasteiger charge is -2.33. The lowest BCUT2D eigenvalue weighted by Crippen LogP contribution is -2.40. The molecule has 0 amide bonds. The van der Waals surface area contributed by atoms with Gasteiger partial charge in [0.1, 0.15) is 0 Å². The second-order valence-electron chi connectivity index (χ2n) is 6.81. The fourth-order valence-corrected chi connectivity index (χ4v) is 3.66. The van der Waals surface area contributed by atoms with Crippen molar-refractivity contribution in [3.8, 4) is 0 Å². The highest BCUT2D eigenvalue weighted by Gasteiger charge is 2.41. The van der Waals surface area contributed by atoms with E-state index in [-0.39, 0.29) is 0 Å². The van der Waals surface area contributed by atoms with Gasteiger partial charge >= 0.3 is 0 Å². The summed E-state index contributed by atoms with van der Waals surface area (Å²) in [6.45, 7) is 5.37. The topological polar surface area (TPSA) is 30.5 Å². The zero-order chi connectivity index (χ0) is 13.1. The van der Waals surface area contributed by atoms with E-state index in [9.17, 15) is 0 Å². The Bertz CT molecular complexity index is 286. The first kappa shape index (κ1) is 13.8. The van der Waals surface area contributed by atoms with Gasteiger partial charge in [-0.25, -0.2) is 0 Å². The van der Waals surface area contributed by atoms with Crippen molar-refractivity contribution in [1.82, 2.24) is 5.32 Å². The van der Waals surface area contributed by atoms with Crippen molar-refractivity contribution in [3.05, 3.63) is 0 Å². The fraction of sp³-hybridized carbons (Fsp3) is 1.00. The van der Waals surface area contributed by atoms with Crippen molar-refractivity contribution in [2.45, 2.75) is 76.5 Å². The summed E-state index contributed by atoms with van der Waals surface area (Å²) < 4.78 is 11.6. The van der Waals surface area contributed by atoms with Crippen molar-refractivity contribution in [3.63, 3.8) is 0 Å². The van der Waals surface area contributed by atoms with E-state index in [4.69, 9.17) is 9.47 Å². The second-order valence-corrected chi connectivity index (χ2v) is 6.81. The summed E-state index contributed by atoms with van der Waals surface area (Å²) in [5.74, 6) is 0. The predicted octanol–water partition coefficient (Wildman–Crippen LogP) is 2.88. The summed E-state index contributed by atoms with van der Waals surface area (Å²) in [5.41, 5.74) is 0.390. The van der Waals surface area contributed by atoms with Gasteiger partial charge in [0.2, 0.25) is 0 Å². The third-order valence-corrected chi connectivity index (χ3v) is 5.38. The van der Waals surface area contributed by atoms with Gasteiger partial charge in [-0.3, -0.25) is 0 Å². The molecule has 3 aliphatic rings. The molecule has 3 fully saturated rings. The monoisotopic (exact) mass is 267 g/mol. The molecule has 3 atom stereocenters. The molecule has 3 unspecified atom stereocenters. The van der Waals surface area contributed by atoms with Crippen LogP contribution in [-0.4, -0.2) is 38.0 Å². The van der Waals surface area contributed by atoms with Crippen LogP contribution in [0.25, 0.3) is 0 Å². The van der Waals surface area contributed by atoms with Gasteiger partial charge in [0.15, 0.2) is 0 Å². The van der Waals surface area contributed by atoms with Crippen LogP contribution >= 0.6 is 0 Å². The summed E-state index contributed by atoms with van der Waals surface area (Å²) in [7, 11) is 0. The van der Waals surface area contributed by atoms with E-state index in [0.717, 1.165) is 25.8 Å². The molecule has 2 saturated heterocycles. The highest BCUT2D eigenvalue weighted by molar-refractivity contribution is 4.94. The van der Waals surface area contributed by atoms with Gasteiger partial charge in [0.25, 0.3) is 0 Å². The van der Waals surface area contributed by atoms with Gasteiger partial charge in [-0.1, -0.05) is 6.42 Å². The Kier molecular flexibility index (Phi) is 4.45. The van der Waals surface area contributed by atoms with Crippen LogP contribution in [0.2, 0.25) is 0 Å². The third kappa shape index (κ3) is 3.50. The molecule has 1 aliphatic carbocycles. The minimum absolute atomic E-state index is 0.390. The minimum atomic E-state index is 0.390. The Labute approximate surface area is 117 Å². The molecule has 110 valence electrons. The zero-order valence-corrected chi connectivity index (χ0v) is 12.3. The van der Waals surface area contributed by atoms with Gasteiger partial charge < -0.3 is 14.8 Å². The average Bonchev–Trinajstić information content (AvgIpc) is 2.97. The number of nitrogens with one attached hydrogen (secondary N) is 1. The minimum Gasteiger partial charge on any atom is -0.378 e. The Morgan fingerprint density at radius 1 is 1.16 bits per heavy atom. The number of ether oxygens (including phenoxy) is 2. The molecule has 3 nitrogen and oxygen atoms in total. The maximum atomic E-state index is 5.87. The molecule has 1 N–H and O–H groups in total. The smallest absolute Gasteiger partial charge is 0.0616 e. The van der Waals surface area contributed by atoms with E-state index in [2.05, 4.69) is 12.2 Å². The first-order chi connectivity index (χ1) is 9.28. The fourth-order valence-electron chi connectivity index (χ4n) is 3.66. The van der Waals surface area contributed by atoms with Crippen molar-refractivity contribution in [1.29, 1.82) is 0 Å². The summed E-state index contributed by atoms with van der Waals surface area (Å²) >= 11 is 0. The van der Waals surface area contributed by atoms with E-state index in [0.29, 0.717) is 17.6 Å². The van der Waals surface area contributed by atoms with Crippen LogP contribution in [0.15, 0.2) is 0 Å². The Hall–Kier alpha value is -0.120. The molecule has 0 aromatic heterocycles. The first-order valence-corrected chi connectivity index (χ1v) is 8.25. The van der Waals surface area contributed by atoms with Gasteiger partial charge in [-0.2, -0.15) is 0 Å². The quantitative estimate of drug-likeness (QED) is 0.769. The standard InChI is InChI=1S/C16H29NO2/c1-13-16(9-11-18-13,12-17-14-6-7-14)8-2-4-15-5-3-10-19-15/h13-15,17H,2-12H2,1H3. The molecule has 2 heterocycles. The van der Waals surface area contributed by atoms with E-state index in [1.165, 1.54) is 51.4 Å². The average molecular weight is 267 g/mol. The third-order valence-electron chi connectivity index (χ3n) is 5.38. The van der Waals surface area contributed by atoms with Crippen LogP contribution in [0, 0.1) is 5.41 Å². The zero-order valence-electron chi connectivity index (χ0n) is 12.3. The highest BCUT2D eigenvalue weighted by Crippen LogP contribution is 2.40. The highest BCUT2D eigenvalue weighted by atomic mass is 16.5. The van der Waals surface area contributed by atoms with Crippen molar-refractivity contribution < 1.29 is 9.47 Å². The molecule has 3 rings (SSSR count). The van der Waals surface area contributed by atoms with Gasteiger partial charge in [-0.05, 0) is 51.9 Å². The van der Waals surface area contributed by atoms with Gasteiger partial charge in [0, 0.05) is 31.2 Å². The SMILES string of the molecule is CC1OCCC1(CCCC1CCCO1)CNC1CC1. The second kappa shape index (κ2) is 6.11. The van der Waals surface area contributed by atoms with Crippen LogP contribution in [0.4, 0.5) is 0 Å². The molecule has 0 aromatic carbocycles. The van der Waals surface area contributed by atoms with Gasteiger partial charge in [-0.15, -0.1) is 0 Å².